The van der Waals surface area contributed by atoms with Gasteiger partial charge in [0.15, 0.2) is 0 Å². The highest BCUT2D eigenvalue weighted by atomic mass is 35.5. The first-order valence-corrected chi connectivity index (χ1v) is 8.62. The standard InChI is InChI=1S/C18H30N4O.3ClH/c1-15(19)8-9-18(23)20-14-16(2)21-10-12-22(13-11-21)17-6-4-3-5-7-17;;;/h3-7,15-16H,8-14,19H2,1-2H3,(H,20,23);3*1H. The van der Waals surface area contributed by atoms with Crippen LogP contribution in [0.25, 0.3) is 0 Å². The fourth-order valence-corrected chi connectivity index (χ4v) is 2.90. The molecule has 3 N–H and O–H groups in total. The van der Waals surface area contributed by atoms with E-state index in [2.05, 4.69) is 52.4 Å². The van der Waals surface area contributed by atoms with E-state index < -0.39 is 0 Å². The molecule has 26 heavy (non-hydrogen) atoms. The molecule has 1 aliphatic rings. The number of nitrogens with one attached hydrogen (secondary N) is 1. The molecule has 0 bridgehead atoms. The molecule has 0 spiro atoms. The van der Waals surface area contributed by atoms with Gasteiger partial charge in [-0.2, -0.15) is 0 Å². The molecule has 0 aliphatic carbocycles. The molecule has 0 radical (unpaired) electrons. The highest BCUT2D eigenvalue weighted by Gasteiger charge is 2.21. The van der Waals surface area contributed by atoms with Gasteiger partial charge in [0, 0.05) is 56.9 Å². The van der Waals surface area contributed by atoms with E-state index in [0.717, 1.165) is 32.6 Å². The van der Waals surface area contributed by atoms with Crippen LogP contribution in [0.5, 0.6) is 0 Å². The summed E-state index contributed by atoms with van der Waals surface area (Å²) in [5, 5.41) is 3.03. The predicted octanol–water partition coefficient (Wildman–Crippen LogP) is 2.71. The van der Waals surface area contributed by atoms with Crippen molar-refractivity contribution in [1.82, 2.24) is 10.2 Å². The summed E-state index contributed by atoms with van der Waals surface area (Å²) in [6, 6.07) is 11.0. The topological polar surface area (TPSA) is 61.6 Å². The van der Waals surface area contributed by atoms with Crippen LogP contribution in [0.4, 0.5) is 5.69 Å². The van der Waals surface area contributed by atoms with Crippen molar-refractivity contribution in [2.75, 3.05) is 37.6 Å². The molecule has 5 nitrogen and oxygen atoms in total. The minimum atomic E-state index is 0. The van der Waals surface area contributed by atoms with Crippen LogP contribution >= 0.6 is 37.2 Å². The molecule has 1 heterocycles. The third kappa shape index (κ3) is 9.28. The quantitative estimate of drug-likeness (QED) is 0.702. The minimum absolute atomic E-state index is 0. The fraction of sp³-hybridized carbons (Fsp3) is 0.611. The number of amides is 1. The number of carbonyl (C=O) groups excluding carboxylic acids is 1. The molecular weight excluding hydrogens is 395 g/mol. The van der Waals surface area contributed by atoms with E-state index in [4.69, 9.17) is 5.73 Å². The van der Waals surface area contributed by atoms with Gasteiger partial charge in [-0.15, -0.1) is 37.2 Å². The first-order chi connectivity index (χ1) is 11.1. The molecule has 0 saturated carbocycles. The number of halogens is 3. The largest absolute Gasteiger partial charge is 0.369 e. The molecule has 1 saturated heterocycles. The van der Waals surface area contributed by atoms with Crippen LogP contribution in [0, 0.1) is 0 Å². The lowest BCUT2D eigenvalue weighted by Gasteiger charge is -2.39. The Morgan fingerprint density at radius 1 is 1.08 bits per heavy atom. The number of hydrogen-bond donors (Lipinski definition) is 2. The van der Waals surface area contributed by atoms with Crippen LogP contribution in [0.15, 0.2) is 30.3 Å². The smallest absolute Gasteiger partial charge is 0.220 e. The first-order valence-electron chi connectivity index (χ1n) is 8.62. The number of para-hydroxylation sites is 1. The molecular formula is C18H33Cl3N4O. The Bertz CT molecular complexity index is 483. The lowest BCUT2D eigenvalue weighted by atomic mass is 10.1. The third-order valence-corrected chi connectivity index (χ3v) is 4.48. The Labute approximate surface area is 176 Å². The summed E-state index contributed by atoms with van der Waals surface area (Å²) >= 11 is 0. The van der Waals surface area contributed by atoms with Crippen molar-refractivity contribution in [3.63, 3.8) is 0 Å². The zero-order valence-corrected chi connectivity index (χ0v) is 18.0. The van der Waals surface area contributed by atoms with Gasteiger partial charge in [-0.05, 0) is 32.4 Å². The van der Waals surface area contributed by atoms with E-state index in [-0.39, 0.29) is 49.2 Å². The summed E-state index contributed by atoms with van der Waals surface area (Å²) in [6.45, 7) is 8.97. The van der Waals surface area contributed by atoms with Crippen LogP contribution < -0.4 is 16.0 Å². The highest BCUT2D eigenvalue weighted by Crippen LogP contribution is 2.16. The number of carbonyl (C=O) groups is 1. The van der Waals surface area contributed by atoms with Crippen molar-refractivity contribution >= 4 is 48.8 Å². The zero-order valence-electron chi connectivity index (χ0n) is 15.6. The summed E-state index contributed by atoms with van der Waals surface area (Å²) in [5.41, 5.74) is 6.98. The molecule has 0 aromatic heterocycles. The van der Waals surface area contributed by atoms with E-state index >= 15 is 0 Å². The lowest BCUT2D eigenvalue weighted by Crippen LogP contribution is -2.52. The molecule has 1 aliphatic heterocycles. The Kier molecular flexibility index (Phi) is 15.2. The molecule has 1 amide bonds. The van der Waals surface area contributed by atoms with Crippen molar-refractivity contribution in [2.24, 2.45) is 5.73 Å². The van der Waals surface area contributed by atoms with Crippen molar-refractivity contribution in [3.8, 4) is 0 Å². The highest BCUT2D eigenvalue weighted by molar-refractivity contribution is 5.86. The van der Waals surface area contributed by atoms with Crippen LogP contribution in [0.1, 0.15) is 26.7 Å². The molecule has 1 aromatic rings. The predicted molar refractivity (Wildman–Crippen MR) is 117 cm³/mol. The minimum Gasteiger partial charge on any atom is -0.369 e. The first kappa shape index (κ1) is 27.5. The third-order valence-electron chi connectivity index (χ3n) is 4.48. The summed E-state index contributed by atoms with van der Waals surface area (Å²) in [4.78, 5) is 16.6. The molecule has 8 heteroatoms. The summed E-state index contributed by atoms with van der Waals surface area (Å²) in [7, 11) is 0. The van der Waals surface area contributed by atoms with E-state index in [1.54, 1.807) is 0 Å². The second kappa shape index (κ2) is 14.4. The Balaban J connectivity index is 0. The van der Waals surface area contributed by atoms with Crippen LogP contribution in [-0.4, -0.2) is 55.6 Å². The second-order valence-corrected chi connectivity index (χ2v) is 6.53. The van der Waals surface area contributed by atoms with Gasteiger partial charge in [0.1, 0.15) is 0 Å². The number of nitrogens with two attached hydrogens (primary N) is 1. The molecule has 2 unspecified atom stereocenters. The molecule has 152 valence electrons. The van der Waals surface area contributed by atoms with Gasteiger partial charge in [0.05, 0.1) is 0 Å². The van der Waals surface area contributed by atoms with E-state index in [9.17, 15) is 4.79 Å². The number of hydrogen-bond acceptors (Lipinski definition) is 4. The summed E-state index contributed by atoms with van der Waals surface area (Å²) < 4.78 is 0. The second-order valence-electron chi connectivity index (χ2n) is 6.53. The molecule has 1 fully saturated rings. The fourth-order valence-electron chi connectivity index (χ4n) is 2.90. The van der Waals surface area contributed by atoms with Crippen LogP contribution in [-0.2, 0) is 4.79 Å². The zero-order chi connectivity index (χ0) is 16.7. The maximum absolute atomic E-state index is 11.8. The molecule has 2 atom stereocenters. The number of rotatable bonds is 7. The van der Waals surface area contributed by atoms with Gasteiger partial charge in [0.2, 0.25) is 5.91 Å². The number of nitrogens with zero attached hydrogens (tertiary/aromatic N) is 2. The lowest BCUT2D eigenvalue weighted by molar-refractivity contribution is -0.121. The van der Waals surface area contributed by atoms with Gasteiger partial charge < -0.3 is 16.0 Å². The van der Waals surface area contributed by atoms with Gasteiger partial charge in [-0.25, -0.2) is 0 Å². The average Bonchev–Trinajstić information content (AvgIpc) is 2.58. The number of benzene rings is 1. The van der Waals surface area contributed by atoms with E-state index in [0.29, 0.717) is 19.0 Å². The Morgan fingerprint density at radius 3 is 2.19 bits per heavy atom. The van der Waals surface area contributed by atoms with Crippen LogP contribution in [0.2, 0.25) is 0 Å². The van der Waals surface area contributed by atoms with Gasteiger partial charge in [-0.3, -0.25) is 9.69 Å². The number of piperazine rings is 1. The summed E-state index contributed by atoms with van der Waals surface area (Å²) in [5.74, 6) is 0.108. The maximum atomic E-state index is 11.8. The monoisotopic (exact) mass is 426 g/mol. The number of anilines is 1. The van der Waals surface area contributed by atoms with Gasteiger partial charge in [-0.1, -0.05) is 18.2 Å². The van der Waals surface area contributed by atoms with E-state index in [1.165, 1.54) is 5.69 Å². The maximum Gasteiger partial charge on any atom is 0.220 e. The summed E-state index contributed by atoms with van der Waals surface area (Å²) in [6.07, 6.45) is 1.27. The van der Waals surface area contributed by atoms with Gasteiger partial charge >= 0.3 is 0 Å². The SMILES string of the molecule is CC(N)CCC(=O)NCC(C)N1CCN(c2ccccc2)CC1.Cl.Cl.Cl. The van der Waals surface area contributed by atoms with Crippen molar-refractivity contribution in [1.29, 1.82) is 0 Å². The average molecular weight is 428 g/mol. The van der Waals surface area contributed by atoms with E-state index in [1.807, 2.05) is 6.92 Å². The molecule has 1 aromatic carbocycles. The van der Waals surface area contributed by atoms with Crippen molar-refractivity contribution in [2.45, 2.75) is 38.8 Å². The van der Waals surface area contributed by atoms with Crippen molar-refractivity contribution < 1.29 is 4.79 Å². The Hall–Kier alpha value is -0.720. The normalized spacial score (nSPS) is 16.3. The van der Waals surface area contributed by atoms with Gasteiger partial charge in [0.25, 0.3) is 0 Å². The Morgan fingerprint density at radius 2 is 1.65 bits per heavy atom. The van der Waals surface area contributed by atoms with Crippen molar-refractivity contribution in [3.05, 3.63) is 30.3 Å². The van der Waals surface area contributed by atoms with Crippen LogP contribution in [0.3, 0.4) is 0 Å². The molecule has 2 rings (SSSR count).